The number of hydrogen-bond acceptors (Lipinski definition) is 7. The molecular formula is C23H25BF3N5O3. The molecule has 0 aromatic carbocycles. The zero-order valence-corrected chi connectivity index (χ0v) is 19.6. The van der Waals surface area contributed by atoms with Crippen LogP contribution in [0.4, 0.5) is 18.9 Å². The Hall–Kier alpha value is -3.31. The van der Waals surface area contributed by atoms with Gasteiger partial charge in [-0.05, 0) is 39.3 Å². The Balaban J connectivity index is 1.65. The number of anilines is 1. The molecule has 8 nitrogen and oxygen atoms in total. The van der Waals surface area contributed by atoms with Crippen molar-refractivity contribution in [3.05, 3.63) is 35.7 Å². The first-order chi connectivity index (χ1) is 16.6. The van der Waals surface area contributed by atoms with Crippen LogP contribution in [0.25, 0.3) is 0 Å². The van der Waals surface area contributed by atoms with Gasteiger partial charge < -0.3 is 19.7 Å². The lowest BCUT2D eigenvalue weighted by atomic mass is 9.83. The van der Waals surface area contributed by atoms with E-state index in [9.17, 15) is 18.0 Å². The summed E-state index contributed by atoms with van der Waals surface area (Å²) >= 11 is 0. The molecule has 4 rings (SSSR count). The van der Waals surface area contributed by atoms with Crippen LogP contribution in [0.1, 0.15) is 44.9 Å². The van der Waals surface area contributed by atoms with E-state index >= 15 is 0 Å². The van der Waals surface area contributed by atoms with E-state index in [1.165, 1.54) is 18.3 Å². The van der Waals surface area contributed by atoms with Crippen LogP contribution in [-0.4, -0.2) is 60.9 Å². The lowest BCUT2D eigenvalue weighted by Gasteiger charge is -2.42. The predicted octanol–water partition coefficient (Wildman–Crippen LogP) is 2.39. The maximum absolute atomic E-state index is 13.8. The number of amides is 1. The number of ether oxygens (including phenoxy) is 2. The first-order valence-electron chi connectivity index (χ1n) is 11.4. The Morgan fingerprint density at radius 2 is 2.00 bits per heavy atom. The van der Waals surface area contributed by atoms with Gasteiger partial charge in [0.1, 0.15) is 19.2 Å². The first kappa shape index (κ1) is 24.8. The molecule has 1 N–H and O–H groups in total. The third-order valence-corrected chi connectivity index (χ3v) is 6.04. The van der Waals surface area contributed by atoms with Gasteiger partial charge in [0, 0.05) is 36.8 Å². The molecule has 0 bridgehead atoms. The number of nitrogens with one attached hydrogen (secondary N) is 1. The molecule has 0 unspecified atom stereocenters. The van der Waals surface area contributed by atoms with Crippen molar-refractivity contribution >= 4 is 30.7 Å². The van der Waals surface area contributed by atoms with Gasteiger partial charge in [0.25, 0.3) is 5.91 Å². The molecule has 2 aromatic rings. The summed E-state index contributed by atoms with van der Waals surface area (Å²) in [5.41, 5.74) is -1.46. The number of piperidine rings is 1. The lowest BCUT2D eigenvalue weighted by molar-refractivity contribution is -0.141. The average molecular weight is 487 g/mol. The smallest absolute Gasteiger partial charge is 0.434 e. The number of nitrogens with zero attached hydrogens (tertiary/aromatic N) is 4. The van der Waals surface area contributed by atoms with Crippen molar-refractivity contribution in [3.63, 3.8) is 0 Å². The third kappa shape index (κ3) is 4.78. The summed E-state index contributed by atoms with van der Waals surface area (Å²) in [4.78, 5) is 27.5. The predicted molar refractivity (Wildman–Crippen MR) is 125 cm³/mol. The fourth-order valence-electron chi connectivity index (χ4n) is 4.52. The molecule has 2 atom stereocenters. The number of aromatic nitrogens is 2. The number of hydrogen-bond donors (Lipinski definition) is 1. The van der Waals surface area contributed by atoms with Gasteiger partial charge in [0.15, 0.2) is 5.69 Å². The number of halogens is 3. The van der Waals surface area contributed by atoms with Crippen LogP contribution in [-0.2, 0) is 11.0 Å². The summed E-state index contributed by atoms with van der Waals surface area (Å²) in [6.07, 6.45) is -2.67. The molecule has 1 amide bonds. The summed E-state index contributed by atoms with van der Waals surface area (Å²) in [5.74, 6) is -0.290. The molecule has 1 fully saturated rings. The highest BCUT2D eigenvalue weighted by Crippen LogP contribution is 2.39. The van der Waals surface area contributed by atoms with Crippen LogP contribution >= 0.6 is 0 Å². The number of carbonyl (C=O) groups excluding carboxylic acids is 1. The van der Waals surface area contributed by atoms with E-state index < -0.39 is 23.3 Å². The molecule has 2 aliphatic rings. The van der Waals surface area contributed by atoms with Crippen LogP contribution in [0, 0.1) is 0 Å². The minimum absolute atomic E-state index is 0.140. The van der Waals surface area contributed by atoms with Crippen molar-refractivity contribution in [1.82, 2.24) is 15.3 Å². The molecule has 2 aromatic heterocycles. The van der Waals surface area contributed by atoms with Crippen molar-refractivity contribution in [2.45, 2.75) is 51.4 Å². The van der Waals surface area contributed by atoms with Crippen LogP contribution in [0.3, 0.4) is 0 Å². The number of carbonyl (C=O) groups is 1. The Bertz CT molecular complexity index is 1160. The van der Waals surface area contributed by atoms with E-state index in [-0.39, 0.29) is 36.3 Å². The van der Waals surface area contributed by atoms with Crippen molar-refractivity contribution in [1.29, 1.82) is 0 Å². The highest BCUT2D eigenvalue weighted by Gasteiger charge is 2.50. The molecule has 2 aliphatic heterocycles. The SMILES string of the molecule is [B]c1cnc(OCC)c(N2CC[C@]3(C[C@@H]2C)N=C(c2ccc(OCC)nc2C(F)(F)F)NC3=O)c1. The van der Waals surface area contributed by atoms with Crippen LogP contribution in [0.15, 0.2) is 29.4 Å². The molecule has 4 heterocycles. The van der Waals surface area contributed by atoms with Crippen LogP contribution in [0.5, 0.6) is 11.8 Å². The van der Waals surface area contributed by atoms with E-state index in [2.05, 4.69) is 20.3 Å². The van der Waals surface area contributed by atoms with Crippen molar-refractivity contribution in [3.8, 4) is 11.8 Å². The van der Waals surface area contributed by atoms with Gasteiger partial charge in [-0.25, -0.2) is 9.97 Å². The number of aliphatic imine (C=N–C) groups is 1. The molecule has 0 saturated carbocycles. The number of amidine groups is 1. The van der Waals surface area contributed by atoms with Gasteiger partial charge >= 0.3 is 6.18 Å². The molecule has 2 radical (unpaired) electrons. The highest BCUT2D eigenvalue weighted by atomic mass is 19.4. The van der Waals surface area contributed by atoms with Gasteiger partial charge in [-0.15, -0.1) is 0 Å². The van der Waals surface area contributed by atoms with E-state index in [4.69, 9.17) is 17.3 Å². The second-order valence-electron chi connectivity index (χ2n) is 8.45. The molecular weight excluding hydrogens is 462 g/mol. The summed E-state index contributed by atoms with van der Waals surface area (Å²) < 4.78 is 52.1. The van der Waals surface area contributed by atoms with Crippen molar-refractivity contribution in [2.75, 3.05) is 24.7 Å². The quantitative estimate of drug-likeness (QED) is 0.630. The Kier molecular flexibility index (Phi) is 6.65. The molecule has 184 valence electrons. The highest BCUT2D eigenvalue weighted by molar-refractivity contribution is 6.32. The largest absolute Gasteiger partial charge is 0.478 e. The Labute approximate surface area is 202 Å². The van der Waals surface area contributed by atoms with E-state index in [0.29, 0.717) is 36.6 Å². The number of pyridine rings is 2. The van der Waals surface area contributed by atoms with E-state index in [0.717, 1.165) is 0 Å². The van der Waals surface area contributed by atoms with Crippen LogP contribution in [0.2, 0.25) is 0 Å². The van der Waals surface area contributed by atoms with Gasteiger partial charge in [-0.3, -0.25) is 9.79 Å². The summed E-state index contributed by atoms with van der Waals surface area (Å²) in [6, 6.07) is 4.13. The van der Waals surface area contributed by atoms with Crippen molar-refractivity contribution in [2.24, 2.45) is 4.99 Å². The summed E-state index contributed by atoms with van der Waals surface area (Å²) in [5, 5.41) is 2.57. The average Bonchev–Trinajstić information content (AvgIpc) is 3.10. The van der Waals surface area contributed by atoms with Gasteiger partial charge in [-0.2, -0.15) is 13.2 Å². The molecule has 1 saturated heterocycles. The first-order valence-corrected chi connectivity index (χ1v) is 11.4. The Morgan fingerprint density at radius 1 is 1.26 bits per heavy atom. The van der Waals surface area contributed by atoms with Crippen molar-refractivity contribution < 1.29 is 27.4 Å². The topological polar surface area (TPSA) is 88.9 Å². The molecule has 0 aliphatic carbocycles. The second-order valence-corrected chi connectivity index (χ2v) is 8.45. The normalized spacial score (nSPS) is 22.2. The fraction of sp³-hybridized carbons (Fsp3) is 0.478. The standard InChI is InChI=1S/C23H25BF3N5O3/c1-4-34-17-7-6-15(18(29-17)23(25,26)27)19-30-21(33)22(31-19)8-9-32(13(3)11-22)16-10-14(24)12-28-20(16)35-5-2/h6-7,10,12-13H,4-5,8-9,11H2,1-3H3,(H,30,31,33)/t13-,22+/m0/s1. The lowest BCUT2D eigenvalue weighted by Crippen LogP contribution is -2.53. The van der Waals surface area contributed by atoms with E-state index in [1.54, 1.807) is 13.0 Å². The van der Waals surface area contributed by atoms with Crippen LogP contribution < -0.4 is 25.2 Å². The Morgan fingerprint density at radius 3 is 2.66 bits per heavy atom. The molecule has 1 spiro atoms. The minimum Gasteiger partial charge on any atom is -0.478 e. The minimum atomic E-state index is -4.75. The molecule has 35 heavy (non-hydrogen) atoms. The van der Waals surface area contributed by atoms with Gasteiger partial charge in [-0.1, -0.05) is 5.46 Å². The second kappa shape index (κ2) is 9.39. The number of rotatable bonds is 6. The third-order valence-electron chi connectivity index (χ3n) is 6.04. The van der Waals surface area contributed by atoms with Gasteiger partial charge in [0.05, 0.1) is 18.9 Å². The zero-order valence-electron chi connectivity index (χ0n) is 19.6. The fourth-order valence-corrected chi connectivity index (χ4v) is 4.52. The maximum Gasteiger partial charge on any atom is 0.434 e. The molecule has 12 heteroatoms. The summed E-state index contributed by atoms with van der Waals surface area (Å²) in [6.45, 7) is 6.42. The maximum atomic E-state index is 13.8. The van der Waals surface area contributed by atoms with Gasteiger partial charge in [0.2, 0.25) is 11.8 Å². The summed E-state index contributed by atoms with van der Waals surface area (Å²) in [7, 11) is 5.94. The number of alkyl halides is 3. The monoisotopic (exact) mass is 487 g/mol. The van der Waals surface area contributed by atoms with E-state index in [1.807, 2.05) is 18.7 Å². The zero-order chi connectivity index (χ0) is 25.4.